The Hall–Kier alpha value is -1.37. The van der Waals surface area contributed by atoms with Gasteiger partial charge in [-0.05, 0) is 31.1 Å². The van der Waals surface area contributed by atoms with E-state index in [1.165, 1.54) is 6.42 Å². The Kier molecular flexibility index (Phi) is 5.14. The van der Waals surface area contributed by atoms with Crippen molar-refractivity contribution < 1.29 is 4.79 Å². The largest absolute Gasteiger partial charge is 0.272 e. The van der Waals surface area contributed by atoms with Gasteiger partial charge in [-0.25, -0.2) is 5.43 Å². The van der Waals surface area contributed by atoms with Crippen molar-refractivity contribution in [3.63, 3.8) is 0 Å². The van der Waals surface area contributed by atoms with E-state index in [4.69, 9.17) is 5.26 Å². The quantitative estimate of drug-likeness (QED) is 0.764. The van der Waals surface area contributed by atoms with Crippen molar-refractivity contribution in [3.05, 3.63) is 0 Å². The number of amides is 1. The molecule has 17 heavy (non-hydrogen) atoms. The Morgan fingerprint density at radius 2 is 2.29 bits per heavy atom. The molecule has 0 aromatic rings. The monoisotopic (exact) mass is 235 g/mol. The van der Waals surface area contributed by atoms with Crippen molar-refractivity contribution in [3.8, 4) is 6.07 Å². The first-order valence-electron chi connectivity index (χ1n) is 6.26. The maximum absolute atomic E-state index is 11.2. The van der Waals surface area contributed by atoms with E-state index < -0.39 is 0 Å². The zero-order chi connectivity index (χ0) is 12.8. The highest BCUT2D eigenvalue weighted by atomic mass is 16.2. The molecule has 2 unspecified atom stereocenters. The molecule has 0 heterocycles. The van der Waals surface area contributed by atoms with E-state index in [1.807, 2.05) is 6.07 Å². The number of rotatable bonds is 3. The third-order valence-electron chi connectivity index (χ3n) is 3.32. The smallest absolute Gasteiger partial charge is 0.254 e. The van der Waals surface area contributed by atoms with Gasteiger partial charge in [0.1, 0.15) is 6.42 Å². The maximum Gasteiger partial charge on any atom is 0.254 e. The van der Waals surface area contributed by atoms with E-state index in [0.29, 0.717) is 17.8 Å². The summed E-state index contributed by atoms with van der Waals surface area (Å²) in [6.45, 7) is 6.59. The normalized spacial score (nSPS) is 26.9. The predicted octanol–water partition coefficient (Wildman–Crippen LogP) is 2.46. The van der Waals surface area contributed by atoms with Crippen LogP contribution in [0.5, 0.6) is 0 Å². The molecule has 1 aliphatic carbocycles. The van der Waals surface area contributed by atoms with Crippen molar-refractivity contribution in [2.75, 3.05) is 0 Å². The highest BCUT2D eigenvalue weighted by Crippen LogP contribution is 2.31. The molecule has 94 valence electrons. The van der Waals surface area contributed by atoms with Crippen LogP contribution in [0.2, 0.25) is 0 Å². The third-order valence-corrected chi connectivity index (χ3v) is 3.32. The lowest BCUT2D eigenvalue weighted by Gasteiger charge is -2.30. The van der Waals surface area contributed by atoms with Crippen molar-refractivity contribution >= 4 is 11.6 Å². The molecule has 0 saturated heterocycles. The van der Waals surface area contributed by atoms with Gasteiger partial charge in [-0.1, -0.05) is 20.8 Å². The van der Waals surface area contributed by atoms with Gasteiger partial charge in [0.2, 0.25) is 0 Å². The minimum Gasteiger partial charge on any atom is -0.272 e. The molecule has 2 atom stereocenters. The Morgan fingerprint density at radius 1 is 1.59 bits per heavy atom. The standard InChI is InChI=1S/C13H21N3O/c1-9(2)11-5-4-10(3)8-12(11)15-16-13(17)6-7-14/h9-11H,4-6,8H2,1-3H3,(H,16,17)/b15-12+. The van der Waals surface area contributed by atoms with Crippen LogP contribution in [0.25, 0.3) is 0 Å². The van der Waals surface area contributed by atoms with E-state index >= 15 is 0 Å². The van der Waals surface area contributed by atoms with Gasteiger partial charge in [-0.15, -0.1) is 0 Å². The van der Waals surface area contributed by atoms with Crippen LogP contribution in [0.15, 0.2) is 5.10 Å². The second-order valence-electron chi connectivity index (χ2n) is 5.21. The first-order valence-corrected chi connectivity index (χ1v) is 6.26. The number of nitrogens with zero attached hydrogens (tertiary/aromatic N) is 2. The average Bonchev–Trinajstić information content (AvgIpc) is 2.26. The van der Waals surface area contributed by atoms with Gasteiger partial charge in [-0.2, -0.15) is 10.4 Å². The highest BCUT2D eigenvalue weighted by Gasteiger charge is 2.27. The summed E-state index contributed by atoms with van der Waals surface area (Å²) >= 11 is 0. The van der Waals surface area contributed by atoms with Gasteiger partial charge < -0.3 is 0 Å². The SMILES string of the molecule is CC1CCC(C(C)C)/C(=N/NC(=O)CC#N)C1. The predicted molar refractivity (Wildman–Crippen MR) is 67.2 cm³/mol. The second kappa shape index (κ2) is 6.39. The molecule has 1 aliphatic rings. The minimum absolute atomic E-state index is 0.126. The minimum atomic E-state index is -0.319. The van der Waals surface area contributed by atoms with Crippen molar-refractivity contribution in [2.45, 2.75) is 46.5 Å². The molecule has 1 rings (SSSR count). The number of hydrogen-bond acceptors (Lipinski definition) is 3. The summed E-state index contributed by atoms with van der Waals surface area (Å²) in [7, 11) is 0. The van der Waals surface area contributed by atoms with E-state index in [0.717, 1.165) is 18.6 Å². The zero-order valence-corrected chi connectivity index (χ0v) is 10.9. The number of carbonyl (C=O) groups excluding carboxylic acids is 1. The summed E-state index contributed by atoms with van der Waals surface area (Å²) in [6.07, 6.45) is 3.20. The molecule has 4 heteroatoms. The molecular weight excluding hydrogens is 214 g/mol. The van der Waals surface area contributed by atoms with Crippen LogP contribution in [0.3, 0.4) is 0 Å². The van der Waals surface area contributed by atoms with E-state index in [9.17, 15) is 4.79 Å². The lowest BCUT2D eigenvalue weighted by atomic mass is 9.76. The fourth-order valence-corrected chi connectivity index (χ4v) is 2.33. The zero-order valence-electron chi connectivity index (χ0n) is 10.9. The Morgan fingerprint density at radius 3 is 2.88 bits per heavy atom. The number of nitrogens with one attached hydrogen (secondary N) is 1. The van der Waals surface area contributed by atoms with Crippen molar-refractivity contribution in [1.82, 2.24) is 5.43 Å². The summed E-state index contributed by atoms with van der Waals surface area (Å²) in [5, 5.41) is 12.6. The van der Waals surface area contributed by atoms with Crippen molar-refractivity contribution in [1.29, 1.82) is 5.26 Å². The molecule has 0 aromatic heterocycles. The summed E-state index contributed by atoms with van der Waals surface area (Å²) in [5.41, 5.74) is 3.57. The van der Waals surface area contributed by atoms with Gasteiger partial charge in [0, 0.05) is 11.6 Å². The summed E-state index contributed by atoms with van der Waals surface area (Å²) in [4.78, 5) is 11.2. The topological polar surface area (TPSA) is 65.2 Å². The summed E-state index contributed by atoms with van der Waals surface area (Å²) in [6, 6.07) is 1.82. The van der Waals surface area contributed by atoms with Crippen LogP contribution < -0.4 is 5.43 Å². The summed E-state index contributed by atoms with van der Waals surface area (Å²) < 4.78 is 0. The van der Waals surface area contributed by atoms with E-state index in [2.05, 4.69) is 31.3 Å². The first-order chi connectivity index (χ1) is 8.04. The van der Waals surface area contributed by atoms with Crippen LogP contribution in [0.4, 0.5) is 0 Å². The van der Waals surface area contributed by atoms with E-state index in [1.54, 1.807) is 0 Å². The van der Waals surface area contributed by atoms with Gasteiger partial charge in [-0.3, -0.25) is 4.79 Å². The fraction of sp³-hybridized carbons (Fsp3) is 0.769. The lowest BCUT2D eigenvalue weighted by Crippen LogP contribution is -2.30. The van der Waals surface area contributed by atoms with Crippen LogP contribution in [-0.4, -0.2) is 11.6 Å². The molecule has 0 radical (unpaired) electrons. The van der Waals surface area contributed by atoms with E-state index in [-0.39, 0.29) is 12.3 Å². The van der Waals surface area contributed by atoms with Crippen molar-refractivity contribution in [2.24, 2.45) is 22.9 Å². The Bertz CT molecular complexity index is 341. The number of hydrogen-bond donors (Lipinski definition) is 1. The van der Waals surface area contributed by atoms with Crippen LogP contribution in [0.1, 0.15) is 46.5 Å². The van der Waals surface area contributed by atoms with Gasteiger partial charge in [0.05, 0.1) is 6.07 Å². The molecule has 0 aromatic carbocycles. The van der Waals surface area contributed by atoms with Gasteiger partial charge >= 0.3 is 0 Å². The molecule has 1 N–H and O–H groups in total. The summed E-state index contributed by atoms with van der Waals surface area (Å²) in [5.74, 6) is 1.33. The third kappa shape index (κ3) is 4.18. The van der Waals surface area contributed by atoms with Crippen LogP contribution >= 0.6 is 0 Å². The van der Waals surface area contributed by atoms with Gasteiger partial charge in [0.25, 0.3) is 5.91 Å². The lowest BCUT2D eigenvalue weighted by molar-refractivity contribution is -0.120. The molecule has 0 spiro atoms. The Balaban J connectivity index is 2.66. The highest BCUT2D eigenvalue weighted by molar-refractivity contribution is 5.89. The molecular formula is C13H21N3O. The number of carbonyl (C=O) groups is 1. The second-order valence-corrected chi connectivity index (χ2v) is 5.21. The van der Waals surface area contributed by atoms with Gasteiger partial charge in [0.15, 0.2) is 0 Å². The molecule has 1 amide bonds. The maximum atomic E-state index is 11.2. The first kappa shape index (κ1) is 13.7. The molecule has 4 nitrogen and oxygen atoms in total. The molecule has 1 fully saturated rings. The number of nitriles is 1. The molecule has 0 aliphatic heterocycles. The fourth-order valence-electron chi connectivity index (χ4n) is 2.33. The number of hydrazone groups is 1. The average molecular weight is 235 g/mol. The molecule has 0 bridgehead atoms. The molecule has 1 saturated carbocycles. The Labute approximate surface area is 103 Å². The van der Waals surface area contributed by atoms with Crippen LogP contribution in [-0.2, 0) is 4.79 Å². The van der Waals surface area contributed by atoms with Crippen LogP contribution in [0, 0.1) is 29.1 Å².